The number of nitrogens with zero attached hydrogens (tertiary/aromatic N) is 4. The van der Waals surface area contributed by atoms with Crippen LogP contribution in [0.1, 0.15) is 23.7 Å². The number of hydrogen-bond acceptors (Lipinski definition) is 4. The number of nitrogens with one attached hydrogen (secondary N) is 1. The molecule has 22 heavy (non-hydrogen) atoms. The monoisotopic (exact) mass is 333 g/mol. The lowest BCUT2D eigenvalue weighted by Crippen LogP contribution is -2.08. The number of halogens is 2. The van der Waals surface area contributed by atoms with Gasteiger partial charge in [-0.3, -0.25) is 0 Å². The number of aryl methyl sites for hydroxylation is 1. The Bertz CT molecular complexity index is 860. The van der Waals surface area contributed by atoms with Gasteiger partial charge in [0.2, 0.25) is 0 Å². The van der Waals surface area contributed by atoms with E-state index in [4.69, 9.17) is 23.2 Å². The summed E-state index contributed by atoms with van der Waals surface area (Å²) in [5.41, 5.74) is 1.95. The van der Waals surface area contributed by atoms with Crippen LogP contribution in [0.3, 0.4) is 0 Å². The molecule has 1 saturated carbocycles. The average Bonchev–Trinajstić information content (AvgIpc) is 3.18. The quantitative estimate of drug-likeness (QED) is 0.793. The number of hydrogen-bond donors (Lipinski definition) is 1. The van der Waals surface area contributed by atoms with Crippen LogP contribution in [0.25, 0.3) is 5.65 Å². The molecule has 2 atom stereocenters. The molecule has 1 aromatic carbocycles. The number of rotatable bonds is 3. The molecule has 3 aromatic rings. The van der Waals surface area contributed by atoms with E-state index in [9.17, 15) is 0 Å². The van der Waals surface area contributed by atoms with E-state index in [0.717, 1.165) is 23.7 Å². The summed E-state index contributed by atoms with van der Waals surface area (Å²) in [6.45, 7) is 1.88. The van der Waals surface area contributed by atoms with Crippen molar-refractivity contribution >= 4 is 34.7 Å². The molecule has 4 rings (SSSR count). The molecular formula is C15H13Cl2N5. The van der Waals surface area contributed by atoms with E-state index >= 15 is 0 Å². The van der Waals surface area contributed by atoms with Crippen LogP contribution in [0, 0.1) is 6.92 Å². The normalized spacial score (nSPS) is 20.3. The number of fused-ring (bicyclic) bond motifs is 1. The largest absolute Gasteiger partial charge is 0.365 e. The summed E-state index contributed by atoms with van der Waals surface area (Å²) >= 11 is 12.0. The van der Waals surface area contributed by atoms with Gasteiger partial charge < -0.3 is 5.32 Å². The average molecular weight is 334 g/mol. The van der Waals surface area contributed by atoms with Crippen molar-refractivity contribution in [3.8, 4) is 0 Å². The van der Waals surface area contributed by atoms with Gasteiger partial charge in [0, 0.05) is 12.0 Å². The first-order valence-electron chi connectivity index (χ1n) is 7.02. The standard InChI is InChI=1S/C15H13Cl2N5/c1-8-19-20-15-5-4-14(21-22(8)15)18-13-7-10(13)9-2-3-11(16)12(17)6-9/h2-6,10,13H,7H2,1H3,(H,18,21). The summed E-state index contributed by atoms with van der Waals surface area (Å²) in [5, 5.41) is 17.2. The van der Waals surface area contributed by atoms with E-state index in [1.54, 1.807) is 4.52 Å². The highest BCUT2D eigenvalue weighted by Gasteiger charge is 2.38. The van der Waals surface area contributed by atoms with E-state index in [0.29, 0.717) is 22.0 Å². The van der Waals surface area contributed by atoms with Crippen molar-refractivity contribution in [1.29, 1.82) is 0 Å². The molecule has 1 N–H and O–H groups in total. The SMILES string of the molecule is Cc1nnc2ccc(NC3CC3c3ccc(Cl)c(Cl)c3)nn12. The topological polar surface area (TPSA) is 55.1 Å². The summed E-state index contributed by atoms with van der Waals surface area (Å²) in [6.07, 6.45) is 1.05. The molecule has 0 spiro atoms. The molecule has 0 bridgehead atoms. The number of benzene rings is 1. The minimum Gasteiger partial charge on any atom is -0.365 e. The predicted octanol–water partition coefficient (Wildman–Crippen LogP) is 3.71. The van der Waals surface area contributed by atoms with Crippen LogP contribution in [-0.4, -0.2) is 25.9 Å². The van der Waals surface area contributed by atoms with Crippen molar-refractivity contribution < 1.29 is 0 Å². The second-order valence-electron chi connectivity index (χ2n) is 5.50. The minimum atomic E-state index is 0.360. The zero-order valence-electron chi connectivity index (χ0n) is 11.8. The molecule has 0 radical (unpaired) electrons. The molecule has 2 aromatic heterocycles. The fraction of sp³-hybridized carbons (Fsp3) is 0.267. The zero-order chi connectivity index (χ0) is 15.3. The molecule has 0 aliphatic heterocycles. The van der Waals surface area contributed by atoms with E-state index < -0.39 is 0 Å². The van der Waals surface area contributed by atoms with E-state index in [2.05, 4.69) is 20.6 Å². The van der Waals surface area contributed by atoms with Crippen LogP contribution < -0.4 is 5.32 Å². The Hall–Kier alpha value is -1.85. The summed E-state index contributed by atoms with van der Waals surface area (Å²) < 4.78 is 1.73. The van der Waals surface area contributed by atoms with E-state index in [1.165, 1.54) is 5.56 Å². The maximum absolute atomic E-state index is 6.08. The fourth-order valence-corrected chi connectivity index (χ4v) is 2.94. The van der Waals surface area contributed by atoms with Gasteiger partial charge in [0.1, 0.15) is 5.82 Å². The Morgan fingerprint density at radius 1 is 1.14 bits per heavy atom. The maximum atomic E-state index is 6.08. The first-order chi connectivity index (χ1) is 10.6. The van der Waals surface area contributed by atoms with Gasteiger partial charge in [0.05, 0.1) is 10.0 Å². The third-order valence-corrected chi connectivity index (χ3v) is 4.65. The van der Waals surface area contributed by atoms with E-state index in [-0.39, 0.29) is 0 Å². The Labute approximate surface area is 137 Å². The molecule has 2 unspecified atom stereocenters. The summed E-state index contributed by atoms with van der Waals surface area (Å²) in [6, 6.07) is 10.0. The van der Waals surface area contributed by atoms with Gasteiger partial charge in [-0.2, -0.15) is 4.52 Å². The maximum Gasteiger partial charge on any atom is 0.178 e. The summed E-state index contributed by atoms with van der Waals surface area (Å²) in [7, 11) is 0. The first kappa shape index (κ1) is 13.8. The Balaban J connectivity index is 1.52. The molecule has 0 saturated heterocycles. The highest BCUT2D eigenvalue weighted by Crippen LogP contribution is 2.44. The molecule has 1 aliphatic carbocycles. The van der Waals surface area contributed by atoms with E-state index in [1.807, 2.05) is 37.3 Å². The predicted molar refractivity (Wildman–Crippen MR) is 86.7 cm³/mol. The van der Waals surface area contributed by atoms with Gasteiger partial charge >= 0.3 is 0 Å². The molecule has 112 valence electrons. The third-order valence-electron chi connectivity index (χ3n) is 3.91. The minimum absolute atomic E-state index is 0.360. The van der Waals surface area contributed by atoms with Crippen molar-refractivity contribution in [3.63, 3.8) is 0 Å². The van der Waals surface area contributed by atoms with Crippen molar-refractivity contribution in [2.24, 2.45) is 0 Å². The van der Waals surface area contributed by atoms with Gasteiger partial charge in [-0.1, -0.05) is 29.3 Å². The molecule has 7 heteroatoms. The molecule has 0 amide bonds. The van der Waals surface area contributed by atoms with Gasteiger partial charge in [-0.15, -0.1) is 15.3 Å². The van der Waals surface area contributed by atoms with Crippen molar-refractivity contribution in [2.45, 2.75) is 25.3 Å². The lowest BCUT2D eigenvalue weighted by Gasteiger charge is -2.06. The lowest BCUT2D eigenvalue weighted by molar-refractivity contribution is 0.868. The molecule has 1 aliphatic rings. The summed E-state index contributed by atoms with van der Waals surface area (Å²) in [4.78, 5) is 0. The fourth-order valence-electron chi connectivity index (χ4n) is 2.63. The Morgan fingerprint density at radius 2 is 2.00 bits per heavy atom. The second-order valence-corrected chi connectivity index (χ2v) is 6.32. The molecule has 1 fully saturated rings. The highest BCUT2D eigenvalue weighted by atomic mass is 35.5. The molecule has 2 heterocycles. The molecular weight excluding hydrogens is 321 g/mol. The lowest BCUT2D eigenvalue weighted by atomic mass is 10.1. The van der Waals surface area contributed by atoms with Crippen LogP contribution in [0.15, 0.2) is 30.3 Å². The van der Waals surface area contributed by atoms with Gasteiger partial charge in [0.15, 0.2) is 11.5 Å². The Kier molecular flexibility index (Phi) is 3.20. The van der Waals surface area contributed by atoms with Crippen molar-refractivity contribution in [3.05, 3.63) is 51.8 Å². The second kappa shape index (κ2) is 5.11. The highest BCUT2D eigenvalue weighted by molar-refractivity contribution is 6.42. The van der Waals surface area contributed by atoms with Crippen molar-refractivity contribution in [1.82, 2.24) is 19.8 Å². The van der Waals surface area contributed by atoms with Gasteiger partial charge in [-0.25, -0.2) is 0 Å². The third kappa shape index (κ3) is 2.40. The smallest absolute Gasteiger partial charge is 0.178 e. The van der Waals surface area contributed by atoms with Crippen molar-refractivity contribution in [2.75, 3.05) is 5.32 Å². The zero-order valence-corrected chi connectivity index (χ0v) is 13.3. The number of aromatic nitrogens is 4. The van der Waals surface area contributed by atoms with Crippen LogP contribution in [0.4, 0.5) is 5.82 Å². The van der Waals surface area contributed by atoms with Gasteiger partial charge in [-0.05, 0) is 43.2 Å². The van der Waals surface area contributed by atoms with Crippen LogP contribution >= 0.6 is 23.2 Å². The number of anilines is 1. The van der Waals surface area contributed by atoms with Gasteiger partial charge in [0.25, 0.3) is 0 Å². The molecule has 5 nitrogen and oxygen atoms in total. The van der Waals surface area contributed by atoms with Crippen LogP contribution in [0.2, 0.25) is 10.0 Å². The summed E-state index contributed by atoms with van der Waals surface area (Å²) in [5.74, 6) is 2.03. The van der Waals surface area contributed by atoms with Crippen LogP contribution in [0.5, 0.6) is 0 Å². The van der Waals surface area contributed by atoms with Crippen LogP contribution in [-0.2, 0) is 0 Å². The Morgan fingerprint density at radius 3 is 2.82 bits per heavy atom. The first-order valence-corrected chi connectivity index (χ1v) is 7.78.